The van der Waals surface area contributed by atoms with Gasteiger partial charge >= 0.3 is 0 Å². The van der Waals surface area contributed by atoms with Crippen molar-refractivity contribution in [1.82, 2.24) is 14.9 Å². The van der Waals surface area contributed by atoms with Crippen LogP contribution in [0.25, 0.3) is 20.7 Å². The maximum Gasteiger partial charge on any atom is 0.262 e. The molecule has 2 heterocycles. The van der Waals surface area contributed by atoms with E-state index in [1.165, 1.54) is 22.2 Å². The molecule has 0 unspecified atom stereocenters. The number of carbonyl (C=O) groups is 1. The first-order valence-corrected chi connectivity index (χ1v) is 9.42. The summed E-state index contributed by atoms with van der Waals surface area (Å²) in [5, 5.41) is 12.5. The molecule has 0 fully saturated rings. The molecular weight excluding hydrogens is 360 g/mol. The Kier molecular flexibility index (Phi) is 5.10. The Morgan fingerprint density at radius 2 is 2.07 bits per heavy atom. The fraction of sp³-hybridized carbons (Fsp3) is 0.300. The molecule has 0 aliphatic heterocycles. The zero-order chi connectivity index (χ0) is 19.6. The number of fused-ring (bicyclic) bond motifs is 1. The molecule has 27 heavy (non-hydrogen) atoms. The monoisotopic (exact) mass is 380 g/mol. The SMILES string of the molecule is CC(C)[C@@](C)(C#N)NC(=O)Cn1cnc2sc(-c3ccccc3)cc2c1=O. The minimum atomic E-state index is -0.985. The molecule has 1 aromatic carbocycles. The van der Waals surface area contributed by atoms with Crippen molar-refractivity contribution < 1.29 is 4.79 Å². The van der Waals surface area contributed by atoms with E-state index in [0.717, 1.165) is 10.4 Å². The fourth-order valence-corrected chi connectivity index (χ4v) is 3.60. The van der Waals surface area contributed by atoms with Gasteiger partial charge in [-0.3, -0.25) is 14.2 Å². The van der Waals surface area contributed by atoms with Crippen LogP contribution in [0.2, 0.25) is 0 Å². The molecule has 0 aliphatic carbocycles. The van der Waals surface area contributed by atoms with Crippen LogP contribution in [0.1, 0.15) is 20.8 Å². The maximum absolute atomic E-state index is 12.8. The van der Waals surface area contributed by atoms with Gasteiger partial charge in [0.15, 0.2) is 0 Å². The van der Waals surface area contributed by atoms with Gasteiger partial charge in [-0.05, 0) is 24.5 Å². The van der Waals surface area contributed by atoms with Crippen molar-refractivity contribution in [3.63, 3.8) is 0 Å². The second kappa shape index (κ2) is 7.33. The number of rotatable bonds is 5. The lowest BCUT2D eigenvalue weighted by atomic mass is 9.90. The summed E-state index contributed by atoms with van der Waals surface area (Å²) >= 11 is 1.44. The highest BCUT2D eigenvalue weighted by molar-refractivity contribution is 7.21. The number of nitrogens with one attached hydrogen (secondary N) is 1. The van der Waals surface area contributed by atoms with Crippen molar-refractivity contribution in [3.8, 4) is 16.5 Å². The third kappa shape index (κ3) is 3.76. The number of hydrogen-bond acceptors (Lipinski definition) is 5. The molecule has 0 saturated heterocycles. The predicted octanol–water partition coefficient (Wildman–Crippen LogP) is 3.18. The van der Waals surface area contributed by atoms with Crippen molar-refractivity contribution in [2.24, 2.45) is 5.92 Å². The Hall–Kier alpha value is -2.98. The largest absolute Gasteiger partial charge is 0.336 e. The molecule has 138 valence electrons. The first-order chi connectivity index (χ1) is 12.8. The summed E-state index contributed by atoms with van der Waals surface area (Å²) < 4.78 is 1.28. The van der Waals surface area contributed by atoms with Crippen LogP contribution in [0.4, 0.5) is 0 Å². The van der Waals surface area contributed by atoms with Gasteiger partial charge in [-0.25, -0.2) is 4.98 Å². The molecule has 3 rings (SSSR count). The number of benzene rings is 1. The van der Waals surface area contributed by atoms with Gasteiger partial charge in [0.2, 0.25) is 5.91 Å². The Morgan fingerprint density at radius 3 is 2.70 bits per heavy atom. The second-order valence-electron chi connectivity index (χ2n) is 6.89. The Bertz CT molecular complexity index is 1080. The molecule has 1 amide bonds. The Morgan fingerprint density at radius 1 is 1.37 bits per heavy atom. The summed E-state index contributed by atoms with van der Waals surface area (Å²) in [6.07, 6.45) is 1.38. The molecule has 1 N–H and O–H groups in total. The lowest BCUT2D eigenvalue weighted by Gasteiger charge is -2.27. The summed E-state index contributed by atoms with van der Waals surface area (Å²) in [4.78, 5) is 31.0. The number of carbonyl (C=O) groups excluding carboxylic acids is 1. The molecule has 7 heteroatoms. The van der Waals surface area contributed by atoms with Crippen LogP contribution in [-0.4, -0.2) is 21.0 Å². The van der Waals surface area contributed by atoms with Gasteiger partial charge in [0.05, 0.1) is 17.8 Å². The summed E-state index contributed by atoms with van der Waals surface area (Å²) in [5.41, 5.74) is -0.233. The normalized spacial score (nSPS) is 13.3. The van der Waals surface area contributed by atoms with E-state index < -0.39 is 11.4 Å². The van der Waals surface area contributed by atoms with E-state index in [0.29, 0.717) is 10.2 Å². The molecule has 3 aromatic rings. The van der Waals surface area contributed by atoms with E-state index in [4.69, 9.17) is 0 Å². The zero-order valence-electron chi connectivity index (χ0n) is 15.4. The van der Waals surface area contributed by atoms with Gasteiger partial charge in [0.25, 0.3) is 5.56 Å². The smallest absolute Gasteiger partial charge is 0.262 e. The number of nitrogens with zero attached hydrogens (tertiary/aromatic N) is 3. The second-order valence-corrected chi connectivity index (χ2v) is 7.92. The van der Waals surface area contributed by atoms with Gasteiger partial charge in [-0.1, -0.05) is 44.2 Å². The van der Waals surface area contributed by atoms with Crippen molar-refractivity contribution >= 4 is 27.5 Å². The Labute approximate surface area is 161 Å². The number of hydrogen-bond donors (Lipinski definition) is 1. The van der Waals surface area contributed by atoms with Crippen molar-refractivity contribution in [2.75, 3.05) is 0 Å². The quantitative estimate of drug-likeness (QED) is 0.736. The molecule has 6 nitrogen and oxygen atoms in total. The first-order valence-electron chi connectivity index (χ1n) is 8.60. The van der Waals surface area contributed by atoms with Crippen molar-refractivity contribution in [3.05, 3.63) is 53.1 Å². The standard InChI is InChI=1S/C20H20N4O2S/c1-13(2)20(3,11-21)23-17(25)10-24-12-22-18-15(19(24)26)9-16(27-18)14-7-5-4-6-8-14/h4-9,12-13H,10H2,1-3H3,(H,23,25)/t20-/m1/s1. The van der Waals surface area contributed by atoms with Crippen LogP contribution in [0, 0.1) is 17.2 Å². The molecule has 0 radical (unpaired) electrons. The summed E-state index contributed by atoms with van der Waals surface area (Å²) in [5.74, 6) is -0.455. The highest BCUT2D eigenvalue weighted by Gasteiger charge is 2.30. The van der Waals surface area contributed by atoms with Crippen molar-refractivity contribution in [2.45, 2.75) is 32.9 Å². The van der Waals surface area contributed by atoms with E-state index >= 15 is 0 Å². The molecular formula is C20H20N4O2S. The number of thiophene rings is 1. The third-order valence-corrected chi connectivity index (χ3v) is 5.77. The van der Waals surface area contributed by atoms with Crippen LogP contribution in [0.5, 0.6) is 0 Å². The molecule has 2 aromatic heterocycles. The van der Waals surface area contributed by atoms with Gasteiger partial charge in [-0.2, -0.15) is 5.26 Å². The molecule has 1 atom stereocenters. The van der Waals surface area contributed by atoms with E-state index in [1.54, 1.807) is 6.92 Å². The van der Waals surface area contributed by atoms with E-state index in [2.05, 4.69) is 16.4 Å². The number of aromatic nitrogens is 2. The van der Waals surface area contributed by atoms with Crippen LogP contribution < -0.4 is 10.9 Å². The predicted molar refractivity (Wildman–Crippen MR) is 106 cm³/mol. The lowest BCUT2D eigenvalue weighted by Crippen LogP contribution is -2.50. The van der Waals surface area contributed by atoms with Gasteiger partial charge < -0.3 is 5.32 Å². The van der Waals surface area contributed by atoms with Crippen LogP contribution in [0.3, 0.4) is 0 Å². The van der Waals surface area contributed by atoms with Crippen molar-refractivity contribution in [1.29, 1.82) is 5.26 Å². The summed E-state index contributed by atoms with van der Waals surface area (Å²) in [7, 11) is 0. The number of nitriles is 1. The minimum Gasteiger partial charge on any atom is -0.336 e. The topological polar surface area (TPSA) is 87.8 Å². The average Bonchev–Trinajstić information content (AvgIpc) is 3.09. The Balaban J connectivity index is 1.88. The number of amides is 1. The third-order valence-electron chi connectivity index (χ3n) is 4.68. The van der Waals surface area contributed by atoms with Crippen LogP contribution in [-0.2, 0) is 11.3 Å². The summed E-state index contributed by atoms with van der Waals surface area (Å²) in [6, 6.07) is 13.7. The van der Waals surface area contributed by atoms with Gasteiger partial charge in [0, 0.05) is 4.88 Å². The zero-order valence-corrected chi connectivity index (χ0v) is 16.2. The van der Waals surface area contributed by atoms with Gasteiger partial charge in [0.1, 0.15) is 16.9 Å². The average molecular weight is 380 g/mol. The summed E-state index contributed by atoms with van der Waals surface area (Å²) in [6.45, 7) is 5.21. The lowest BCUT2D eigenvalue weighted by molar-refractivity contribution is -0.123. The first kappa shape index (κ1) is 18.8. The highest BCUT2D eigenvalue weighted by Crippen LogP contribution is 2.30. The van der Waals surface area contributed by atoms with Crippen LogP contribution >= 0.6 is 11.3 Å². The van der Waals surface area contributed by atoms with Gasteiger partial charge in [-0.15, -0.1) is 11.3 Å². The molecule has 0 saturated carbocycles. The van der Waals surface area contributed by atoms with E-state index in [9.17, 15) is 14.9 Å². The molecule has 0 bridgehead atoms. The van der Waals surface area contributed by atoms with E-state index in [-0.39, 0.29) is 18.0 Å². The van der Waals surface area contributed by atoms with E-state index in [1.807, 2.05) is 50.2 Å². The molecule has 0 aliphatic rings. The molecule has 0 spiro atoms. The van der Waals surface area contributed by atoms with Crippen LogP contribution in [0.15, 0.2) is 47.5 Å². The maximum atomic E-state index is 12.8. The minimum absolute atomic E-state index is 0.0610. The highest BCUT2D eigenvalue weighted by atomic mass is 32.1. The fourth-order valence-electron chi connectivity index (χ4n) is 2.60.